The highest BCUT2D eigenvalue weighted by atomic mass is 16.5. The first-order chi connectivity index (χ1) is 15.0. The Hall–Kier alpha value is -3.35. The average molecular weight is 418 g/mol. The van der Waals surface area contributed by atoms with Crippen molar-refractivity contribution in [3.63, 3.8) is 0 Å². The van der Waals surface area contributed by atoms with Gasteiger partial charge in [-0.3, -0.25) is 10.0 Å². The molecule has 3 aromatic carbocycles. The number of hydrogen-bond donors (Lipinski definition) is 2. The Bertz CT molecular complexity index is 1230. The molecule has 0 saturated carbocycles. The molecule has 0 fully saturated rings. The number of nitrogens with zero attached hydrogens (tertiary/aromatic N) is 2. The minimum Gasteiger partial charge on any atom is -0.492 e. The number of rotatable bonds is 7. The fourth-order valence-corrected chi connectivity index (χ4v) is 3.81. The van der Waals surface area contributed by atoms with Gasteiger partial charge in [-0.25, -0.2) is 5.48 Å². The van der Waals surface area contributed by atoms with Crippen LogP contribution in [0.1, 0.15) is 21.5 Å². The fraction of sp³-hybridized carbons (Fsp3) is 0.240. The molecular weight excluding hydrogens is 390 g/mol. The number of benzene rings is 3. The van der Waals surface area contributed by atoms with Crippen molar-refractivity contribution < 1.29 is 14.7 Å². The van der Waals surface area contributed by atoms with Crippen LogP contribution in [0.15, 0.2) is 60.7 Å². The minimum absolute atomic E-state index is 0.420. The van der Waals surface area contributed by atoms with Crippen LogP contribution in [0.3, 0.4) is 0 Å². The van der Waals surface area contributed by atoms with Gasteiger partial charge in [0.15, 0.2) is 0 Å². The molecule has 0 radical (unpaired) electrons. The van der Waals surface area contributed by atoms with Gasteiger partial charge in [0.1, 0.15) is 12.4 Å². The maximum Gasteiger partial charge on any atom is 0.274 e. The van der Waals surface area contributed by atoms with E-state index < -0.39 is 5.91 Å². The van der Waals surface area contributed by atoms with E-state index in [1.54, 1.807) is 17.6 Å². The SMILES string of the molecule is Cc1ccc2c(c1)c1cc(OCCN(C)C)ccc1n2Cc1ccc(C(=O)NO)cc1. The van der Waals surface area contributed by atoms with E-state index in [0.29, 0.717) is 18.7 Å². The predicted octanol–water partition coefficient (Wildman–Crippen LogP) is 4.21. The first kappa shape index (κ1) is 20.9. The molecule has 0 aliphatic rings. The van der Waals surface area contributed by atoms with Crippen molar-refractivity contribution in [1.82, 2.24) is 14.9 Å². The number of carbonyl (C=O) groups excluding carboxylic acids is 1. The van der Waals surface area contributed by atoms with Gasteiger partial charge in [-0.2, -0.15) is 0 Å². The number of hydroxylamine groups is 1. The van der Waals surface area contributed by atoms with Gasteiger partial charge < -0.3 is 14.2 Å². The van der Waals surface area contributed by atoms with Gasteiger partial charge in [-0.1, -0.05) is 23.8 Å². The number of aromatic nitrogens is 1. The largest absolute Gasteiger partial charge is 0.492 e. The molecule has 2 N–H and O–H groups in total. The topological polar surface area (TPSA) is 66.7 Å². The van der Waals surface area contributed by atoms with E-state index in [1.165, 1.54) is 10.9 Å². The van der Waals surface area contributed by atoms with Crippen LogP contribution in [0.4, 0.5) is 0 Å². The molecule has 160 valence electrons. The van der Waals surface area contributed by atoms with Gasteiger partial charge in [-0.15, -0.1) is 0 Å². The van der Waals surface area contributed by atoms with Crippen LogP contribution in [-0.2, 0) is 6.54 Å². The molecule has 0 aliphatic heterocycles. The van der Waals surface area contributed by atoms with E-state index in [0.717, 1.165) is 34.3 Å². The van der Waals surface area contributed by atoms with E-state index in [4.69, 9.17) is 9.94 Å². The monoisotopic (exact) mass is 417 g/mol. The minimum atomic E-state index is -0.513. The maximum absolute atomic E-state index is 11.6. The van der Waals surface area contributed by atoms with Crippen LogP contribution >= 0.6 is 0 Å². The summed E-state index contributed by atoms with van der Waals surface area (Å²) in [5.41, 5.74) is 6.66. The normalized spacial score (nSPS) is 11.4. The lowest BCUT2D eigenvalue weighted by atomic mass is 10.1. The Morgan fingerprint density at radius 1 is 1.00 bits per heavy atom. The van der Waals surface area contributed by atoms with E-state index in [9.17, 15) is 4.79 Å². The quantitative estimate of drug-likeness (QED) is 0.349. The van der Waals surface area contributed by atoms with Gasteiger partial charge in [0.25, 0.3) is 5.91 Å². The smallest absolute Gasteiger partial charge is 0.274 e. The van der Waals surface area contributed by atoms with Gasteiger partial charge >= 0.3 is 0 Å². The van der Waals surface area contributed by atoms with Crippen molar-refractivity contribution in [2.24, 2.45) is 0 Å². The zero-order chi connectivity index (χ0) is 22.0. The summed E-state index contributed by atoms with van der Waals surface area (Å²) < 4.78 is 8.26. The molecule has 1 amide bonds. The highest BCUT2D eigenvalue weighted by Gasteiger charge is 2.13. The number of nitrogens with one attached hydrogen (secondary N) is 1. The number of likely N-dealkylation sites (N-methyl/N-ethyl adjacent to an activating group) is 1. The van der Waals surface area contributed by atoms with Crippen molar-refractivity contribution in [1.29, 1.82) is 0 Å². The number of amides is 1. The average Bonchev–Trinajstić information content (AvgIpc) is 3.06. The lowest BCUT2D eigenvalue weighted by Gasteiger charge is -2.11. The molecule has 0 aliphatic carbocycles. The van der Waals surface area contributed by atoms with E-state index >= 15 is 0 Å². The summed E-state index contributed by atoms with van der Waals surface area (Å²) in [7, 11) is 4.07. The van der Waals surface area contributed by atoms with Crippen LogP contribution in [0.25, 0.3) is 21.8 Å². The van der Waals surface area contributed by atoms with Crippen molar-refractivity contribution in [2.75, 3.05) is 27.2 Å². The van der Waals surface area contributed by atoms with Crippen LogP contribution in [0.2, 0.25) is 0 Å². The Balaban J connectivity index is 1.72. The molecule has 1 aromatic heterocycles. The third kappa shape index (κ3) is 4.40. The van der Waals surface area contributed by atoms with Crippen molar-refractivity contribution in [3.05, 3.63) is 77.4 Å². The molecule has 1 heterocycles. The van der Waals surface area contributed by atoms with Crippen LogP contribution < -0.4 is 10.2 Å². The number of carbonyl (C=O) groups is 1. The molecule has 0 atom stereocenters. The number of hydrogen-bond acceptors (Lipinski definition) is 4. The summed E-state index contributed by atoms with van der Waals surface area (Å²) in [6, 6.07) is 20.0. The lowest BCUT2D eigenvalue weighted by Crippen LogP contribution is -2.19. The van der Waals surface area contributed by atoms with Crippen molar-refractivity contribution >= 4 is 27.7 Å². The summed E-state index contributed by atoms with van der Waals surface area (Å²) in [4.78, 5) is 13.7. The lowest BCUT2D eigenvalue weighted by molar-refractivity contribution is 0.0706. The summed E-state index contributed by atoms with van der Waals surface area (Å²) in [6.45, 7) is 4.28. The van der Waals surface area contributed by atoms with E-state index in [-0.39, 0.29) is 0 Å². The van der Waals surface area contributed by atoms with Crippen molar-refractivity contribution in [2.45, 2.75) is 13.5 Å². The predicted molar refractivity (Wildman–Crippen MR) is 123 cm³/mol. The van der Waals surface area contributed by atoms with Gasteiger partial charge in [0.05, 0.1) is 0 Å². The molecule has 0 spiro atoms. The summed E-state index contributed by atoms with van der Waals surface area (Å²) in [5.74, 6) is 0.356. The third-order valence-electron chi connectivity index (χ3n) is 5.46. The van der Waals surface area contributed by atoms with Crippen LogP contribution in [0.5, 0.6) is 5.75 Å². The summed E-state index contributed by atoms with van der Waals surface area (Å²) >= 11 is 0. The number of ether oxygens (including phenoxy) is 1. The Kier molecular flexibility index (Phi) is 5.93. The second-order valence-electron chi connectivity index (χ2n) is 8.08. The highest BCUT2D eigenvalue weighted by Crippen LogP contribution is 2.33. The summed E-state index contributed by atoms with van der Waals surface area (Å²) in [5, 5.41) is 11.2. The first-order valence-electron chi connectivity index (χ1n) is 10.3. The molecule has 6 heteroatoms. The first-order valence-corrected chi connectivity index (χ1v) is 10.3. The van der Waals surface area contributed by atoms with E-state index in [1.807, 2.05) is 32.3 Å². The van der Waals surface area contributed by atoms with E-state index in [2.05, 4.69) is 46.7 Å². The second kappa shape index (κ2) is 8.79. The van der Waals surface area contributed by atoms with Gasteiger partial charge in [-0.05, 0) is 69.0 Å². The molecule has 4 aromatic rings. The molecular formula is C25H27N3O3. The van der Waals surface area contributed by atoms with Crippen LogP contribution in [0, 0.1) is 6.92 Å². The second-order valence-corrected chi connectivity index (χ2v) is 8.08. The summed E-state index contributed by atoms with van der Waals surface area (Å²) in [6.07, 6.45) is 0. The molecule has 4 rings (SSSR count). The van der Waals surface area contributed by atoms with Gasteiger partial charge in [0.2, 0.25) is 0 Å². The maximum atomic E-state index is 11.6. The molecule has 0 unspecified atom stereocenters. The molecule has 0 saturated heterocycles. The Morgan fingerprint density at radius 3 is 2.35 bits per heavy atom. The Morgan fingerprint density at radius 2 is 1.68 bits per heavy atom. The van der Waals surface area contributed by atoms with Gasteiger partial charge in [0, 0.05) is 40.5 Å². The zero-order valence-electron chi connectivity index (χ0n) is 18.1. The Labute approximate surface area is 181 Å². The van der Waals surface area contributed by atoms with Crippen molar-refractivity contribution in [3.8, 4) is 5.75 Å². The zero-order valence-corrected chi connectivity index (χ0v) is 18.1. The molecule has 6 nitrogen and oxygen atoms in total. The number of aryl methyl sites for hydroxylation is 1. The van der Waals surface area contributed by atoms with Crippen LogP contribution in [-0.4, -0.2) is 47.8 Å². The standard InChI is InChI=1S/C25H27N3O3/c1-17-4-10-23-21(14-17)22-15-20(31-13-12-27(2)3)9-11-24(22)28(23)16-18-5-7-19(8-6-18)25(29)26-30/h4-11,14-15,30H,12-13,16H2,1-3H3,(H,26,29). The molecule has 31 heavy (non-hydrogen) atoms. The number of fused-ring (bicyclic) bond motifs is 3. The molecule has 0 bridgehead atoms. The third-order valence-corrected chi connectivity index (χ3v) is 5.46. The fourth-order valence-electron chi connectivity index (χ4n) is 3.81. The highest BCUT2D eigenvalue weighted by molar-refractivity contribution is 6.08.